The normalized spacial score (nSPS) is 19.4. The smallest absolute Gasteiger partial charge is 0.336 e. The number of methoxy groups -OCH3 is 1. The molecular formula is C20H25NO6. The summed E-state index contributed by atoms with van der Waals surface area (Å²) in [5, 5.41) is 8.98. The van der Waals surface area contributed by atoms with Gasteiger partial charge in [0.25, 0.3) is 0 Å². The summed E-state index contributed by atoms with van der Waals surface area (Å²) < 4.78 is 15.8. The van der Waals surface area contributed by atoms with Crippen molar-refractivity contribution in [2.45, 2.75) is 26.7 Å². The highest BCUT2D eigenvalue weighted by Crippen LogP contribution is 2.43. The number of nitrogens with zero attached hydrogens (tertiary/aromatic N) is 1. The number of esters is 2. The molecule has 2 unspecified atom stereocenters. The summed E-state index contributed by atoms with van der Waals surface area (Å²) in [7, 11) is 1.53. The van der Waals surface area contributed by atoms with Gasteiger partial charge in [0.15, 0.2) is 0 Å². The van der Waals surface area contributed by atoms with Crippen LogP contribution in [0.2, 0.25) is 0 Å². The number of ether oxygens (including phenoxy) is 3. The zero-order chi connectivity index (χ0) is 20.0. The van der Waals surface area contributed by atoms with Gasteiger partial charge >= 0.3 is 11.9 Å². The number of allylic oxidation sites excluding steroid dienone is 1. The molecule has 1 aromatic carbocycles. The molecule has 0 fully saturated rings. The van der Waals surface area contributed by atoms with Crippen molar-refractivity contribution in [2.24, 2.45) is 10.9 Å². The third kappa shape index (κ3) is 4.36. The number of carbonyl (C=O) groups is 2. The molecule has 2 rings (SSSR count). The van der Waals surface area contributed by atoms with Crippen LogP contribution in [0.1, 0.15) is 32.3 Å². The molecule has 146 valence electrons. The van der Waals surface area contributed by atoms with E-state index >= 15 is 0 Å². The second-order valence-corrected chi connectivity index (χ2v) is 6.06. The van der Waals surface area contributed by atoms with Gasteiger partial charge in [-0.3, -0.25) is 9.79 Å². The van der Waals surface area contributed by atoms with Crippen molar-refractivity contribution in [3.63, 3.8) is 0 Å². The van der Waals surface area contributed by atoms with E-state index in [-0.39, 0.29) is 25.4 Å². The zero-order valence-electron chi connectivity index (χ0n) is 16.0. The van der Waals surface area contributed by atoms with Gasteiger partial charge in [-0.1, -0.05) is 18.2 Å². The van der Waals surface area contributed by atoms with Gasteiger partial charge in [0.05, 0.1) is 25.9 Å². The van der Waals surface area contributed by atoms with E-state index in [9.17, 15) is 9.59 Å². The Morgan fingerprint density at radius 1 is 1.19 bits per heavy atom. The first-order valence-corrected chi connectivity index (χ1v) is 8.79. The Morgan fingerprint density at radius 3 is 2.52 bits per heavy atom. The summed E-state index contributed by atoms with van der Waals surface area (Å²) in [6.07, 6.45) is 0. The van der Waals surface area contributed by atoms with Crippen LogP contribution in [-0.2, 0) is 19.1 Å². The number of aliphatic imine (C=N–C) groups is 1. The number of hydrogen-bond acceptors (Lipinski definition) is 7. The van der Waals surface area contributed by atoms with Crippen molar-refractivity contribution in [3.8, 4) is 5.75 Å². The standard InChI is InChI=1S/C20H25NO6/c1-5-26-19(23)16-12(2)21-13(3)17(20(24)27-11-10-22)18(16)14-8-6-7-9-15(14)25-4/h6-9,16,18,22H,5,10-11H2,1-4H3. The van der Waals surface area contributed by atoms with Crippen LogP contribution >= 0.6 is 0 Å². The summed E-state index contributed by atoms with van der Waals surface area (Å²) in [6, 6.07) is 7.20. The molecule has 0 radical (unpaired) electrons. The predicted molar refractivity (Wildman–Crippen MR) is 99.7 cm³/mol. The molecule has 0 bridgehead atoms. The van der Waals surface area contributed by atoms with E-state index < -0.39 is 23.8 Å². The zero-order valence-corrected chi connectivity index (χ0v) is 16.0. The quantitative estimate of drug-likeness (QED) is 0.735. The minimum absolute atomic E-state index is 0.138. The molecule has 0 amide bonds. The van der Waals surface area contributed by atoms with Crippen molar-refractivity contribution in [1.82, 2.24) is 0 Å². The van der Waals surface area contributed by atoms with E-state index in [0.29, 0.717) is 22.7 Å². The predicted octanol–water partition coefficient (Wildman–Crippen LogP) is 2.24. The van der Waals surface area contributed by atoms with Crippen LogP contribution in [0.15, 0.2) is 40.5 Å². The first kappa shape index (κ1) is 20.6. The topological polar surface area (TPSA) is 94.4 Å². The van der Waals surface area contributed by atoms with E-state index in [1.54, 1.807) is 32.9 Å². The van der Waals surface area contributed by atoms with E-state index in [4.69, 9.17) is 19.3 Å². The molecule has 0 aliphatic carbocycles. The van der Waals surface area contributed by atoms with Gasteiger partial charge in [-0.15, -0.1) is 0 Å². The fraction of sp³-hybridized carbons (Fsp3) is 0.450. The van der Waals surface area contributed by atoms with E-state index in [0.717, 1.165) is 0 Å². The number of carbonyl (C=O) groups excluding carboxylic acids is 2. The Bertz CT molecular complexity index is 767. The number of benzene rings is 1. The molecule has 1 aromatic rings. The van der Waals surface area contributed by atoms with Gasteiger partial charge in [-0.2, -0.15) is 0 Å². The second-order valence-electron chi connectivity index (χ2n) is 6.06. The molecule has 1 heterocycles. The van der Waals surface area contributed by atoms with Gasteiger partial charge in [0.2, 0.25) is 0 Å². The summed E-state index contributed by atoms with van der Waals surface area (Å²) in [5.74, 6) is -1.98. The summed E-state index contributed by atoms with van der Waals surface area (Å²) in [4.78, 5) is 29.9. The minimum Gasteiger partial charge on any atom is -0.496 e. The van der Waals surface area contributed by atoms with Crippen LogP contribution in [0.25, 0.3) is 0 Å². The Kier molecular flexibility index (Phi) is 7.12. The van der Waals surface area contributed by atoms with Crippen molar-refractivity contribution < 1.29 is 28.9 Å². The molecule has 1 aliphatic rings. The van der Waals surface area contributed by atoms with Crippen molar-refractivity contribution >= 4 is 17.7 Å². The maximum atomic E-state index is 12.7. The largest absolute Gasteiger partial charge is 0.496 e. The molecule has 1 N–H and O–H groups in total. The van der Waals surface area contributed by atoms with Crippen molar-refractivity contribution in [2.75, 3.05) is 26.9 Å². The maximum absolute atomic E-state index is 12.7. The molecule has 27 heavy (non-hydrogen) atoms. The maximum Gasteiger partial charge on any atom is 0.336 e. The summed E-state index contributed by atoms with van der Waals surface area (Å²) in [5.41, 5.74) is 1.95. The number of hydrogen-bond donors (Lipinski definition) is 1. The highest BCUT2D eigenvalue weighted by molar-refractivity contribution is 6.07. The fourth-order valence-electron chi connectivity index (χ4n) is 3.32. The highest BCUT2D eigenvalue weighted by Gasteiger charge is 2.43. The van der Waals surface area contributed by atoms with Crippen molar-refractivity contribution in [3.05, 3.63) is 41.1 Å². The van der Waals surface area contributed by atoms with Crippen LogP contribution in [0.5, 0.6) is 5.75 Å². The third-order valence-corrected chi connectivity index (χ3v) is 4.39. The lowest BCUT2D eigenvalue weighted by molar-refractivity contribution is -0.146. The van der Waals surface area contributed by atoms with Crippen LogP contribution in [0.3, 0.4) is 0 Å². The molecule has 0 saturated carbocycles. The van der Waals surface area contributed by atoms with Crippen LogP contribution in [-0.4, -0.2) is 49.7 Å². The van der Waals surface area contributed by atoms with E-state index in [1.165, 1.54) is 7.11 Å². The molecule has 1 aliphatic heterocycles. The SMILES string of the molecule is CCOC(=O)C1C(C)=NC(C)=C(C(=O)OCCO)C1c1ccccc1OC. The van der Waals surface area contributed by atoms with E-state index in [1.807, 2.05) is 12.1 Å². The first-order chi connectivity index (χ1) is 13.0. The number of aliphatic hydroxyl groups is 1. The van der Waals surface area contributed by atoms with Gasteiger partial charge in [0, 0.05) is 22.9 Å². The molecule has 0 saturated heterocycles. The number of para-hydroxylation sites is 1. The molecular weight excluding hydrogens is 350 g/mol. The lowest BCUT2D eigenvalue weighted by Crippen LogP contribution is -2.36. The third-order valence-electron chi connectivity index (χ3n) is 4.39. The van der Waals surface area contributed by atoms with E-state index in [2.05, 4.69) is 4.99 Å². The summed E-state index contributed by atoms with van der Waals surface area (Å²) in [6.45, 7) is 4.95. The second kappa shape index (κ2) is 9.32. The van der Waals surface area contributed by atoms with Gasteiger partial charge < -0.3 is 19.3 Å². The Balaban J connectivity index is 2.64. The number of aliphatic hydroxyl groups excluding tert-OH is 1. The number of rotatable bonds is 7. The Morgan fingerprint density at radius 2 is 1.89 bits per heavy atom. The van der Waals surface area contributed by atoms with Crippen LogP contribution in [0, 0.1) is 5.92 Å². The van der Waals surface area contributed by atoms with Gasteiger partial charge in [-0.05, 0) is 26.8 Å². The van der Waals surface area contributed by atoms with Gasteiger partial charge in [-0.25, -0.2) is 4.79 Å². The van der Waals surface area contributed by atoms with Crippen LogP contribution in [0.4, 0.5) is 0 Å². The Labute approximate surface area is 158 Å². The molecule has 7 heteroatoms. The monoisotopic (exact) mass is 375 g/mol. The molecule has 0 aromatic heterocycles. The highest BCUT2D eigenvalue weighted by atomic mass is 16.5. The lowest BCUT2D eigenvalue weighted by Gasteiger charge is -2.32. The minimum atomic E-state index is -0.776. The molecule has 0 spiro atoms. The first-order valence-electron chi connectivity index (χ1n) is 8.79. The lowest BCUT2D eigenvalue weighted by atomic mass is 9.75. The fourth-order valence-corrected chi connectivity index (χ4v) is 3.32. The average molecular weight is 375 g/mol. The summed E-state index contributed by atoms with van der Waals surface area (Å²) >= 11 is 0. The van der Waals surface area contributed by atoms with Gasteiger partial charge in [0.1, 0.15) is 18.3 Å². The van der Waals surface area contributed by atoms with Crippen molar-refractivity contribution in [1.29, 1.82) is 0 Å². The molecule has 7 nitrogen and oxygen atoms in total. The molecule has 2 atom stereocenters. The Hall–Kier alpha value is -2.67. The van der Waals surface area contributed by atoms with Crippen LogP contribution < -0.4 is 4.74 Å². The average Bonchev–Trinajstić information content (AvgIpc) is 2.65.